The van der Waals surface area contributed by atoms with Gasteiger partial charge in [-0.1, -0.05) is 26.0 Å². The second kappa shape index (κ2) is 9.03. The Morgan fingerprint density at radius 2 is 1.74 bits per heavy atom. The van der Waals surface area contributed by atoms with E-state index < -0.39 is 23.0 Å². The summed E-state index contributed by atoms with van der Waals surface area (Å²) >= 11 is 0. The number of aromatic hydroxyl groups is 1. The number of hydrogen-bond donors (Lipinski definition) is 3. The van der Waals surface area contributed by atoms with Crippen molar-refractivity contribution in [2.75, 3.05) is 13.7 Å². The number of hydrogen-bond acceptors (Lipinski definition) is 4. The molecule has 0 spiro atoms. The molecule has 1 aromatic heterocycles. The third-order valence-corrected chi connectivity index (χ3v) is 6.20. The van der Waals surface area contributed by atoms with Gasteiger partial charge < -0.3 is 24.6 Å². The Kier molecular flexibility index (Phi) is 6.25. The predicted molar refractivity (Wildman–Crippen MR) is 129 cm³/mol. The maximum Gasteiger partial charge on any atom is 0.335 e. The van der Waals surface area contributed by atoms with Crippen LogP contribution in [0.15, 0.2) is 54.6 Å². The molecular weight excluding hydrogens is 456 g/mol. The number of aromatic carboxylic acids is 1. The summed E-state index contributed by atoms with van der Waals surface area (Å²) in [5.74, 6) is -2.62. The first-order valence-corrected chi connectivity index (χ1v) is 10.9. The molecule has 0 aliphatic carbocycles. The highest BCUT2D eigenvalue weighted by Crippen LogP contribution is 2.47. The molecule has 0 unspecified atom stereocenters. The van der Waals surface area contributed by atoms with Gasteiger partial charge in [0, 0.05) is 41.1 Å². The van der Waals surface area contributed by atoms with Crippen LogP contribution < -0.4 is 4.74 Å². The van der Waals surface area contributed by atoms with Gasteiger partial charge in [-0.25, -0.2) is 13.6 Å². The van der Waals surface area contributed by atoms with E-state index in [-0.39, 0.29) is 23.7 Å². The number of carboxylic acids is 1. The normalized spacial score (nSPS) is 11.7. The van der Waals surface area contributed by atoms with Crippen molar-refractivity contribution in [3.05, 3.63) is 77.5 Å². The van der Waals surface area contributed by atoms with Crippen LogP contribution in [0.25, 0.3) is 27.7 Å². The van der Waals surface area contributed by atoms with E-state index in [4.69, 9.17) is 4.74 Å². The second-order valence-electron chi connectivity index (χ2n) is 8.94. The smallest absolute Gasteiger partial charge is 0.335 e. The van der Waals surface area contributed by atoms with Gasteiger partial charge in [-0.3, -0.25) is 0 Å². The average Bonchev–Trinajstić information content (AvgIpc) is 3.15. The van der Waals surface area contributed by atoms with E-state index in [1.807, 2.05) is 13.8 Å². The highest BCUT2D eigenvalue weighted by molar-refractivity contribution is 6.04. The van der Waals surface area contributed by atoms with Gasteiger partial charge in [0.15, 0.2) is 11.6 Å². The number of fused-ring (bicyclic) bond motifs is 1. The van der Waals surface area contributed by atoms with Crippen molar-refractivity contribution < 1.29 is 33.6 Å². The zero-order valence-electron chi connectivity index (χ0n) is 19.5. The van der Waals surface area contributed by atoms with Crippen LogP contribution in [0.5, 0.6) is 11.5 Å². The summed E-state index contributed by atoms with van der Waals surface area (Å²) in [5.41, 5.74) is 1.94. The Morgan fingerprint density at radius 1 is 1.06 bits per heavy atom. The molecular formula is C27H25F2NO5. The Labute approximate surface area is 200 Å². The summed E-state index contributed by atoms with van der Waals surface area (Å²) in [4.78, 5) is 11.4. The number of aromatic nitrogens is 1. The molecule has 182 valence electrons. The Bertz CT molecular complexity index is 1420. The summed E-state index contributed by atoms with van der Waals surface area (Å²) in [6, 6.07) is 12.7. The standard InChI is InChI=1S/C27H25F2NO5/c1-27(2,10-11-31)25-23(15-4-6-16(7-5-15)26(33)34)24-20(12-17(28)13-21(24)32)30(25)18-8-9-19(29)22(14-18)35-3/h4-9,12-14,31-32H,10-11H2,1-3H3,(H,33,34). The van der Waals surface area contributed by atoms with Gasteiger partial charge in [-0.15, -0.1) is 0 Å². The molecule has 0 saturated heterocycles. The van der Waals surface area contributed by atoms with Gasteiger partial charge in [-0.2, -0.15) is 0 Å². The fraction of sp³-hybridized carbons (Fsp3) is 0.222. The molecule has 0 atom stereocenters. The number of aliphatic hydroxyl groups is 1. The summed E-state index contributed by atoms with van der Waals surface area (Å²) in [5, 5.41) is 30.4. The minimum Gasteiger partial charge on any atom is -0.507 e. The van der Waals surface area contributed by atoms with E-state index in [9.17, 15) is 28.9 Å². The number of phenolic OH excluding ortho intramolecular Hbond substituents is 1. The molecule has 4 rings (SSSR count). The van der Waals surface area contributed by atoms with E-state index in [0.29, 0.717) is 39.8 Å². The summed E-state index contributed by atoms with van der Waals surface area (Å²) in [6.07, 6.45) is 0.325. The van der Waals surface area contributed by atoms with E-state index in [1.165, 1.54) is 43.5 Å². The molecule has 0 amide bonds. The number of halogens is 2. The molecule has 3 aromatic carbocycles. The zero-order chi connectivity index (χ0) is 25.5. The first-order chi connectivity index (χ1) is 16.6. The Morgan fingerprint density at radius 3 is 2.34 bits per heavy atom. The summed E-state index contributed by atoms with van der Waals surface area (Å²) < 4.78 is 35.7. The first-order valence-electron chi connectivity index (χ1n) is 10.9. The van der Waals surface area contributed by atoms with Crippen LogP contribution in [0.1, 0.15) is 36.3 Å². The number of nitrogens with zero attached hydrogens (tertiary/aromatic N) is 1. The number of aliphatic hydroxyl groups excluding tert-OH is 1. The molecule has 0 aliphatic rings. The molecule has 3 N–H and O–H groups in total. The Hall–Kier alpha value is -3.91. The quantitative estimate of drug-likeness (QED) is 0.317. The summed E-state index contributed by atoms with van der Waals surface area (Å²) in [6.45, 7) is 3.66. The van der Waals surface area contributed by atoms with E-state index in [1.54, 1.807) is 16.7 Å². The number of methoxy groups -OCH3 is 1. The molecule has 8 heteroatoms. The third kappa shape index (κ3) is 4.21. The highest BCUT2D eigenvalue weighted by atomic mass is 19.1. The maximum absolute atomic E-state index is 14.6. The average molecular weight is 481 g/mol. The monoisotopic (exact) mass is 481 g/mol. The van der Waals surface area contributed by atoms with Gasteiger partial charge in [0.1, 0.15) is 11.6 Å². The maximum atomic E-state index is 14.6. The fourth-order valence-electron chi connectivity index (χ4n) is 4.52. The van der Waals surface area contributed by atoms with Crippen molar-refractivity contribution in [3.63, 3.8) is 0 Å². The van der Waals surface area contributed by atoms with Crippen LogP contribution in [0.4, 0.5) is 8.78 Å². The molecule has 0 saturated carbocycles. The first kappa shape index (κ1) is 24.2. The van der Waals surface area contributed by atoms with Gasteiger partial charge >= 0.3 is 5.97 Å². The second-order valence-corrected chi connectivity index (χ2v) is 8.94. The van der Waals surface area contributed by atoms with Crippen molar-refractivity contribution in [1.29, 1.82) is 0 Å². The van der Waals surface area contributed by atoms with Crippen LogP contribution in [-0.4, -0.2) is 39.6 Å². The summed E-state index contributed by atoms with van der Waals surface area (Å²) in [7, 11) is 1.34. The van der Waals surface area contributed by atoms with Crippen molar-refractivity contribution in [2.45, 2.75) is 25.7 Å². The molecule has 1 heterocycles. The number of carboxylic acid groups (broad SMARTS) is 1. The van der Waals surface area contributed by atoms with Crippen molar-refractivity contribution in [1.82, 2.24) is 4.57 Å². The lowest BCUT2D eigenvalue weighted by molar-refractivity contribution is 0.0697. The third-order valence-electron chi connectivity index (χ3n) is 6.20. The zero-order valence-corrected chi connectivity index (χ0v) is 19.5. The van der Waals surface area contributed by atoms with Gasteiger partial charge in [0.2, 0.25) is 0 Å². The molecule has 35 heavy (non-hydrogen) atoms. The molecule has 0 radical (unpaired) electrons. The van der Waals surface area contributed by atoms with E-state index in [0.717, 1.165) is 6.07 Å². The minimum atomic E-state index is -1.08. The molecule has 0 aliphatic heterocycles. The van der Waals surface area contributed by atoms with Gasteiger partial charge in [0.25, 0.3) is 0 Å². The highest BCUT2D eigenvalue weighted by Gasteiger charge is 2.33. The van der Waals surface area contributed by atoms with Gasteiger partial charge in [-0.05, 0) is 42.3 Å². The number of phenols is 1. The topological polar surface area (TPSA) is 91.9 Å². The number of carbonyl (C=O) groups is 1. The number of ether oxygens (including phenoxy) is 1. The lowest BCUT2D eigenvalue weighted by Crippen LogP contribution is -2.23. The Balaban J connectivity index is 2.19. The minimum absolute atomic E-state index is 0.0109. The number of rotatable bonds is 7. The van der Waals surface area contributed by atoms with Crippen molar-refractivity contribution in [3.8, 4) is 28.3 Å². The van der Waals surface area contributed by atoms with Crippen molar-refractivity contribution >= 4 is 16.9 Å². The van der Waals surface area contributed by atoms with Crippen LogP contribution in [0, 0.1) is 11.6 Å². The largest absolute Gasteiger partial charge is 0.507 e. The predicted octanol–water partition coefficient (Wildman–Crippen LogP) is 5.65. The van der Waals surface area contributed by atoms with Crippen LogP contribution in [-0.2, 0) is 5.41 Å². The van der Waals surface area contributed by atoms with Crippen molar-refractivity contribution in [2.24, 2.45) is 0 Å². The van der Waals surface area contributed by atoms with E-state index >= 15 is 0 Å². The van der Waals surface area contributed by atoms with Crippen LogP contribution in [0.2, 0.25) is 0 Å². The molecule has 4 aromatic rings. The molecule has 6 nitrogen and oxygen atoms in total. The lowest BCUT2D eigenvalue weighted by atomic mass is 9.81. The van der Waals surface area contributed by atoms with E-state index in [2.05, 4.69) is 0 Å². The van der Waals surface area contributed by atoms with Crippen LogP contribution >= 0.6 is 0 Å². The van der Waals surface area contributed by atoms with Gasteiger partial charge in [0.05, 0.1) is 23.6 Å². The lowest BCUT2D eigenvalue weighted by Gasteiger charge is -2.28. The molecule has 0 fully saturated rings. The number of benzene rings is 3. The SMILES string of the molecule is COc1cc(-n2c(C(C)(C)CCO)c(-c3ccc(C(=O)O)cc3)c3c(O)cc(F)cc32)ccc1F. The fourth-order valence-corrected chi connectivity index (χ4v) is 4.52. The van der Waals surface area contributed by atoms with Crippen LogP contribution in [0.3, 0.4) is 0 Å². The molecule has 0 bridgehead atoms.